The molecule has 0 unspecified atom stereocenters. The summed E-state index contributed by atoms with van der Waals surface area (Å²) in [4.78, 5) is 4.13. The van der Waals surface area contributed by atoms with Gasteiger partial charge >= 0.3 is 0 Å². The molecule has 0 spiro atoms. The van der Waals surface area contributed by atoms with E-state index >= 15 is 0 Å². The Balaban J connectivity index is 1.95. The standard InChI is InChI=1S/C16H20N2O/c1-2-9-17-11-15-8-10-18-12-16(15)19-13-14-6-4-3-5-7-14/h3-8,10,12,17H,2,9,11,13H2,1H3. The lowest BCUT2D eigenvalue weighted by molar-refractivity contribution is 0.301. The summed E-state index contributed by atoms with van der Waals surface area (Å²) in [5.41, 5.74) is 2.32. The number of aromatic nitrogens is 1. The minimum Gasteiger partial charge on any atom is -0.487 e. The first kappa shape index (κ1) is 13.6. The number of hydrogen-bond acceptors (Lipinski definition) is 3. The van der Waals surface area contributed by atoms with Crippen molar-refractivity contribution < 1.29 is 4.74 Å². The fourth-order valence-corrected chi connectivity index (χ4v) is 1.82. The quantitative estimate of drug-likeness (QED) is 0.773. The Bertz CT molecular complexity index is 485. The highest BCUT2D eigenvalue weighted by molar-refractivity contribution is 5.30. The molecule has 3 nitrogen and oxygen atoms in total. The zero-order valence-corrected chi connectivity index (χ0v) is 11.3. The van der Waals surface area contributed by atoms with E-state index in [9.17, 15) is 0 Å². The van der Waals surface area contributed by atoms with Crippen molar-refractivity contribution in [1.29, 1.82) is 0 Å². The van der Waals surface area contributed by atoms with Gasteiger partial charge in [-0.05, 0) is 24.6 Å². The first-order chi connectivity index (χ1) is 9.40. The van der Waals surface area contributed by atoms with Gasteiger partial charge in [0, 0.05) is 18.3 Å². The van der Waals surface area contributed by atoms with Gasteiger partial charge in [0.2, 0.25) is 0 Å². The molecule has 1 heterocycles. The van der Waals surface area contributed by atoms with E-state index in [1.54, 1.807) is 12.4 Å². The summed E-state index contributed by atoms with van der Waals surface area (Å²) in [6, 6.07) is 12.2. The molecule has 0 aliphatic heterocycles. The summed E-state index contributed by atoms with van der Waals surface area (Å²) in [7, 11) is 0. The molecule has 0 amide bonds. The second-order valence-electron chi connectivity index (χ2n) is 4.43. The molecular weight excluding hydrogens is 236 g/mol. The maximum Gasteiger partial charge on any atom is 0.142 e. The van der Waals surface area contributed by atoms with Crippen molar-refractivity contribution in [3.63, 3.8) is 0 Å². The van der Waals surface area contributed by atoms with Crippen LogP contribution in [0.4, 0.5) is 0 Å². The SMILES string of the molecule is CCCNCc1ccncc1OCc1ccccc1. The average molecular weight is 256 g/mol. The second kappa shape index (κ2) is 7.54. The van der Waals surface area contributed by atoms with Gasteiger partial charge in [0.25, 0.3) is 0 Å². The Morgan fingerprint density at radius 3 is 2.79 bits per heavy atom. The fourth-order valence-electron chi connectivity index (χ4n) is 1.82. The molecule has 0 aliphatic rings. The molecule has 0 saturated heterocycles. The highest BCUT2D eigenvalue weighted by atomic mass is 16.5. The third kappa shape index (κ3) is 4.38. The lowest BCUT2D eigenvalue weighted by Crippen LogP contribution is -2.14. The van der Waals surface area contributed by atoms with Crippen molar-refractivity contribution in [2.75, 3.05) is 6.54 Å². The molecule has 100 valence electrons. The predicted octanol–water partition coefficient (Wildman–Crippen LogP) is 3.16. The first-order valence-electron chi connectivity index (χ1n) is 6.70. The fraction of sp³-hybridized carbons (Fsp3) is 0.312. The molecule has 2 aromatic rings. The molecular formula is C16H20N2O. The molecule has 1 aromatic carbocycles. The number of nitrogens with one attached hydrogen (secondary N) is 1. The van der Waals surface area contributed by atoms with Gasteiger partial charge in [0.1, 0.15) is 12.4 Å². The lowest BCUT2D eigenvalue weighted by atomic mass is 10.2. The van der Waals surface area contributed by atoms with Gasteiger partial charge in [0.15, 0.2) is 0 Å². The van der Waals surface area contributed by atoms with E-state index in [0.29, 0.717) is 6.61 Å². The lowest BCUT2D eigenvalue weighted by Gasteiger charge is -2.11. The topological polar surface area (TPSA) is 34.2 Å². The van der Waals surface area contributed by atoms with E-state index in [4.69, 9.17) is 4.74 Å². The van der Waals surface area contributed by atoms with E-state index < -0.39 is 0 Å². The Morgan fingerprint density at radius 2 is 2.00 bits per heavy atom. The number of nitrogens with zero attached hydrogens (tertiary/aromatic N) is 1. The van der Waals surface area contributed by atoms with E-state index in [1.165, 1.54) is 5.56 Å². The molecule has 0 bridgehead atoms. The van der Waals surface area contributed by atoms with Crippen LogP contribution in [-0.4, -0.2) is 11.5 Å². The number of pyridine rings is 1. The highest BCUT2D eigenvalue weighted by Crippen LogP contribution is 2.17. The van der Waals surface area contributed by atoms with Gasteiger partial charge in [0.05, 0.1) is 6.20 Å². The maximum atomic E-state index is 5.85. The predicted molar refractivity (Wildman–Crippen MR) is 77.0 cm³/mol. The van der Waals surface area contributed by atoms with Crippen LogP contribution in [0.2, 0.25) is 0 Å². The third-order valence-electron chi connectivity index (χ3n) is 2.85. The molecule has 0 radical (unpaired) electrons. The van der Waals surface area contributed by atoms with E-state index in [2.05, 4.69) is 29.4 Å². The van der Waals surface area contributed by atoms with Crippen molar-refractivity contribution >= 4 is 0 Å². The molecule has 1 N–H and O–H groups in total. The Kier molecular flexibility index (Phi) is 5.38. The van der Waals surface area contributed by atoms with Crippen LogP contribution in [0.1, 0.15) is 24.5 Å². The smallest absolute Gasteiger partial charge is 0.142 e. The Hall–Kier alpha value is -1.87. The van der Waals surface area contributed by atoms with Gasteiger partial charge in [-0.3, -0.25) is 4.98 Å². The molecule has 0 atom stereocenters. The second-order valence-corrected chi connectivity index (χ2v) is 4.43. The van der Waals surface area contributed by atoms with Crippen molar-refractivity contribution in [1.82, 2.24) is 10.3 Å². The molecule has 19 heavy (non-hydrogen) atoms. The van der Waals surface area contributed by atoms with Crippen molar-refractivity contribution in [3.8, 4) is 5.75 Å². The van der Waals surface area contributed by atoms with Crippen LogP contribution >= 0.6 is 0 Å². The zero-order chi connectivity index (χ0) is 13.3. The van der Waals surface area contributed by atoms with Crippen LogP contribution < -0.4 is 10.1 Å². The van der Waals surface area contributed by atoms with Crippen molar-refractivity contribution in [3.05, 3.63) is 59.9 Å². The number of benzene rings is 1. The zero-order valence-electron chi connectivity index (χ0n) is 11.3. The van der Waals surface area contributed by atoms with Crippen LogP contribution in [0.25, 0.3) is 0 Å². The van der Waals surface area contributed by atoms with Gasteiger partial charge in [-0.25, -0.2) is 0 Å². The van der Waals surface area contributed by atoms with E-state index in [-0.39, 0.29) is 0 Å². The van der Waals surface area contributed by atoms with Crippen LogP contribution in [-0.2, 0) is 13.2 Å². The van der Waals surface area contributed by atoms with Crippen molar-refractivity contribution in [2.24, 2.45) is 0 Å². The number of ether oxygens (including phenoxy) is 1. The van der Waals surface area contributed by atoms with Gasteiger partial charge in [-0.1, -0.05) is 37.3 Å². The molecule has 3 heteroatoms. The number of rotatable bonds is 7. The first-order valence-corrected chi connectivity index (χ1v) is 6.70. The Morgan fingerprint density at radius 1 is 1.16 bits per heavy atom. The third-order valence-corrected chi connectivity index (χ3v) is 2.85. The van der Waals surface area contributed by atoms with Crippen molar-refractivity contribution in [2.45, 2.75) is 26.5 Å². The Labute approximate surface area is 114 Å². The molecule has 1 aromatic heterocycles. The summed E-state index contributed by atoms with van der Waals surface area (Å²) in [5, 5.41) is 3.38. The van der Waals surface area contributed by atoms with Crippen LogP contribution in [0.15, 0.2) is 48.8 Å². The summed E-state index contributed by atoms with van der Waals surface area (Å²) in [6.45, 7) is 4.57. The van der Waals surface area contributed by atoms with Crippen LogP contribution in [0.3, 0.4) is 0 Å². The minimum atomic E-state index is 0.577. The van der Waals surface area contributed by atoms with E-state index in [0.717, 1.165) is 30.8 Å². The average Bonchev–Trinajstić information content (AvgIpc) is 2.48. The summed E-state index contributed by atoms with van der Waals surface area (Å²) in [5.74, 6) is 0.856. The summed E-state index contributed by atoms with van der Waals surface area (Å²) >= 11 is 0. The summed E-state index contributed by atoms with van der Waals surface area (Å²) in [6.07, 6.45) is 4.72. The highest BCUT2D eigenvalue weighted by Gasteiger charge is 2.03. The van der Waals surface area contributed by atoms with Crippen LogP contribution in [0.5, 0.6) is 5.75 Å². The van der Waals surface area contributed by atoms with E-state index in [1.807, 2.05) is 24.3 Å². The van der Waals surface area contributed by atoms with Crippen LogP contribution in [0, 0.1) is 0 Å². The van der Waals surface area contributed by atoms with Gasteiger partial charge < -0.3 is 10.1 Å². The maximum absolute atomic E-state index is 5.85. The molecule has 0 saturated carbocycles. The number of hydrogen-bond donors (Lipinski definition) is 1. The summed E-state index contributed by atoms with van der Waals surface area (Å²) < 4.78 is 5.85. The largest absolute Gasteiger partial charge is 0.487 e. The molecule has 0 fully saturated rings. The molecule has 2 rings (SSSR count). The minimum absolute atomic E-state index is 0.577. The normalized spacial score (nSPS) is 10.4. The molecule has 0 aliphatic carbocycles. The van der Waals surface area contributed by atoms with Gasteiger partial charge in [-0.15, -0.1) is 0 Å². The monoisotopic (exact) mass is 256 g/mol. The van der Waals surface area contributed by atoms with Gasteiger partial charge in [-0.2, -0.15) is 0 Å².